The van der Waals surface area contributed by atoms with E-state index in [1.54, 1.807) is 31.2 Å². The third-order valence-corrected chi connectivity index (χ3v) is 5.04. The van der Waals surface area contributed by atoms with Gasteiger partial charge in [0, 0.05) is 5.39 Å². The van der Waals surface area contributed by atoms with Gasteiger partial charge in [-0.15, -0.1) is 5.10 Å². The van der Waals surface area contributed by atoms with Crippen LogP contribution in [-0.4, -0.2) is 31.8 Å². The number of carbonyl (C=O) groups excluding carboxylic acids is 2. The molecule has 0 bridgehead atoms. The van der Waals surface area contributed by atoms with Crippen molar-refractivity contribution in [3.05, 3.63) is 82.7 Å². The summed E-state index contributed by atoms with van der Waals surface area (Å²) in [6.07, 6.45) is -4.41. The van der Waals surface area contributed by atoms with E-state index in [1.165, 1.54) is 22.9 Å². The third kappa shape index (κ3) is 4.52. The van der Waals surface area contributed by atoms with E-state index in [0.29, 0.717) is 22.2 Å². The Morgan fingerprint density at radius 3 is 2.45 bits per heavy atom. The summed E-state index contributed by atoms with van der Waals surface area (Å²) in [4.78, 5) is 28.8. The first-order valence-electron chi connectivity index (χ1n) is 9.70. The average Bonchev–Trinajstić information content (AvgIpc) is 3.11. The molecule has 0 saturated heterocycles. The molecular formula is C22H17F3N6O2. The number of aromatic nitrogens is 4. The fourth-order valence-corrected chi connectivity index (χ4v) is 3.26. The molecule has 33 heavy (non-hydrogen) atoms. The van der Waals surface area contributed by atoms with Crippen molar-refractivity contribution in [3.8, 4) is 0 Å². The van der Waals surface area contributed by atoms with Crippen molar-refractivity contribution in [1.29, 1.82) is 0 Å². The summed E-state index contributed by atoms with van der Waals surface area (Å²) in [6.45, 7) is 1.83. The molecular weight excluding hydrogens is 437 g/mol. The minimum atomic E-state index is -4.41. The van der Waals surface area contributed by atoms with Crippen molar-refractivity contribution in [3.63, 3.8) is 0 Å². The molecule has 0 fully saturated rings. The zero-order valence-electron chi connectivity index (χ0n) is 17.2. The molecule has 168 valence electrons. The molecule has 3 N–H and O–H groups in total. The largest absolute Gasteiger partial charge is 0.416 e. The van der Waals surface area contributed by atoms with Gasteiger partial charge in [0.1, 0.15) is 5.69 Å². The van der Waals surface area contributed by atoms with E-state index in [-0.39, 0.29) is 23.6 Å². The SMILES string of the molecule is Cc1c(NC(=O)c2cc(C(N)=O)nc3ccccc23)nnn1Cc1ccc(C(F)(F)F)cc1. The number of anilines is 1. The van der Waals surface area contributed by atoms with Gasteiger partial charge < -0.3 is 11.1 Å². The van der Waals surface area contributed by atoms with E-state index in [4.69, 9.17) is 5.73 Å². The van der Waals surface area contributed by atoms with Crippen LogP contribution in [0.1, 0.15) is 37.7 Å². The number of fused-ring (bicyclic) bond motifs is 1. The lowest BCUT2D eigenvalue weighted by Gasteiger charge is -2.09. The summed E-state index contributed by atoms with van der Waals surface area (Å²) < 4.78 is 39.7. The molecule has 0 radical (unpaired) electrons. The van der Waals surface area contributed by atoms with Crippen molar-refractivity contribution in [2.75, 3.05) is 5.32 Å². The molecule has 2 aromatic heterocycles. The van der Waals surface area contributed by atoms with Gasteiger partial charge in [-0.1, -0.05) is 35.5 Å². The topological polar surface area (TPSA) is 116 Å². The maximum Gasteiger partial charge on any atom is 0.416 e. The number of para-hydroxylation sites is 1. The molecule has 0 spiro atoms. The number of halogens is 3. The van der Waals surface area contributed by atoms with Crippen molar-refractivity contribution in [2.45, 2.75) is 19.6 Å². The monoisotopic (exact) mass is 454 g/mol. The standard InChI is InChI=1S/C22H17F3N6O2/c1-12-20(29-30-31(12)11-13-6-8-14(9-7-13)22(23,24)25)28-21(33)16-10-18(19(26)32)27-17-5-3-2-4-15(16)17/h2-10H,11H2,1H3,(H2,26,32)(H,28,33). The fourth-order valence-electron chi connectivity index (χ4n) is 3.26. The first kappa shape index (κ1) is 21.9. The molecule has 0 unspecified atom stereocenters. The summed E-state index contributed by atoms with van der Waals surface area (Å²) in [5.74, 6) is -1.14. The number of carbonyl (C=O) groups is 2. The van der Waals surface area contributed by atoms with E-state index in [1.807, 2.05) is 0 Å². The first-order valence-corrected chi connectivity index (χ1v) is 9.70. The minimum Gasteiger partial charge on any atom is -0.364 e. The maximum atomic E-state index is 13.0. The Labute approximate surface area is 185 Å². The van der Waals surface area contributed by atoms with Gasteiger partial charge in [-0.2, -0.15) is 13.2 Å². The van der Waals surface area contributed by atoms with Gasteiger partial charge in [-0.25, -0.2) is 9.67 Å². The number of pyridine rings is 1. The minimum absolute atomic E-state index is 0.0541. The highest BCUT2D eigenvalue weighted by Crippen LogP contribution is 2.29. The molecule has 0 aliphatic heterocycles. The van der Waals surface area contributed by atoms with E-state index < -0.39 is 23.6 Å². The van der Waals surface area contributed by atoms with E-state index in [0.717, 1.165) is 12.1 Å². The molecule has 11 heteroatoms. The van der Waals surface area contributed by atoms with Crippen LogP contribution in [0.4, 0.5) is 19.0 Å². The predicted molar refractivity (Wildman–Crippen MR) is 114 cm³/mol. The Morgan fingerprint density at radius 1 is 1.09 bits per heavy atom. The number of benzene rings is 2. The van der Waals surface area contributed by atoms with Crippen molar-refractivity contribution >= 4 is 28.5 Å². The van der Waals surface area contributed by atoms with E-state index >= 15 is 0 Å². The van der Waals surface area contributed by atoms with Gasteiger partial charge in [0.15, 0.2) is 5.82 Å². The van der Waals surface area contributed by atoms with Crippen LogP contribution in [-0.2, 0) is 12.7 Å². The van der Waals surface area contributed by atoms with Gasteiger partial charge in [-0.05, 0) is 36.8 Å². The van der Waals surface area contributed by atoms with Crippen LogP contribution in [0.15, 0.2) is 54.6 Å². The molecule has 4 aromatic rings. The van der Waals surface area contributed by atoms with Crippen molar-refractivity contribution in [2.24, 2.45) is 5.73 Å². The Bertz CT molecular complexity index is 1360. The van der Waals surface area contributed by atoms with Crippen molar-refractivity contribution in [1.82, 2.24) is 20.0 Å². The molecule has 0 saturated carbocycles. The summed E-state index contributed by atoms with van der Waals surface area (Å²) >= 11 is 0. The fraction of sp³-hybridized carbons (Fsp3) is 0.136. The van der Waals surface area contributed by atoms with Crippen LogP contribution >= 0.6 is 0 Å². The maximum absolute atomic E-state index is 13.0. The number of rotatable bonds is 5. The molecule has 0 aliphatic carbocycles. The van der Waals surface area contributed by atoms with Gasteiger partial charge >= 0.3 is 6.18 Å². The summed E-state index contributed by atoms with van der Waals surface area (Å²) in [5.41, 5.74) is 6.24. The van der Waals surface area contributed by atoms with Crippen LogP contribution in [0.2, 0.25) is 0 Å². The normalized spacial score (nSPS) is 11.5. The Morgan fingerprint density at radius 2 is 1.79 bits per heavy atom. The number of nitrogens with one attached hydrogen (secondary N) is 1. The van der Waals surface area contributed by atoms with Crippen LogP contribution in [0, 0.1) is 6.92 Å². The third-order valence-electron chi connectivity index (χ3n) is 5.04. The Kier molecular flexibility index (Phi) is 5.54. The Hall–Kier alpha value is -4.28. The van der Waals surface area contributed by atoms with Crippen LogP contribution in [0.3, 0.4) is 0 Å². The van der Waals surface area contributed by atoms with E-state index in [2.05, 4.69) is 20.6 Å². The smallest absolute Gasteiger partial charge is 0.364 e. The van der Waals surface area contributed by atoms with Crippen LogP contribution in [0.25, 0.3) is 10.9 Å². The zero-order chi connectivity index (χ0) is 23.8. The number of hydrogen-bond acceptors (Lipinski definition) is 5. The molecule has 2 aromatic carbocycles. The zero-order valence-corrected chi connectivity index (χ0v) is 17.2. The quantitative estimate of drug-likeness (QED) is 0.479. The van der Waals surface area contributed by atoms with Gasteiger partial charge in [0.05, 0.1) is 28.9 Å². The second-order valence-electron chi connectivity index (χ2n) is 7.27. The van der Waals surface area contributed by atoms with E-state index in [9.17, 15) is 22.8 Å². The lowest BCUT2D eigenvalue weighted by Crippen LogP contribution is -2.18. The summed E-state index contributed by atoms with van der Waals surface area (Å²) in [6, 6.07) is 12.8. The van der Waals surface area contributed by atoms with Crippen LogP contribution < -0.4 is 11.1 Å². The number of nitrogens with two attached hydrogens (primary N) is 1. The lowest BCUT2D eigenvalue weighted by molar-refractivity contribution is -0.137. The highest BCUT2D eigenvalue weighted by molar-refractivity contribution is 6.13. The molecule has 0 aliphatic rings. The van der Waals surface area contributed by atoms with Crippen LogP contribution in [0.5, 0.6) is 0 Å². The highest BCUT2D eigenvalue weighted by atomic mass is 19.4. The van der Waals surface area contributed by atoms with Gasteiger partial charge in [0.25, 0.3) is 11.8 Å². The predicted octanol–water partition coefficient (Wildman–Crippen LogP) is 3.55. The van der Waals surface area contributed by atoms with Crippen molar-refractivity contribution < 1.29 is 22.8 Å². The highest BCUT2D eigenvalue weighted by Gasteiger charge is 2.30. The number of amides is 2. The van der Waals surface area contributed by atoms with Gasteiger partial charge in [0.2, 0.25) is 0 Å². The summed E-state index contributed by atoms with van der Waals surface area (Å²) in [7, 11) is 0. The lowest BCUT2D eigenvalue weighted by atomic mass is 10.1. The molecule has 2 amide bonds. The second-order valence-corrected chi connectivity index (χ2v) is 7.27. The second kappa shape index (κ2) is 8.34. The molecule has 4 rings (SSSR count). The number of alkyl halides is 3. The molecule has 0 atom stereocenters. The average molecular weight is 454 g/mol. The molecule has 8 nitrogen and oxygen atoms in total. The molecule has 2 heterocycles. The number of nitrogens with zero attached hydrogens (tertiary/aromatic N) is 4. The number of primary amides is 1. The van der Waals surface area contributed by atoms with Gasteiger partial charge in [-0.3, -0.25) is 9.59 Å². The Balaban J connectivity index is 1.58. The first-order chi connectivity index (χ1) is 15.6. The number of hydrogen-bond donors (Lipinski definition) is 2. The summed E-state index contributed by atoms with van der Waals surface area (Å²) in [5, 5.41) is 11.1.